The zero-order chi connectivity index (χ0) is 26.8. The molecule has 2 aliphatic heterocycles. The van der Waals surface area contributed by atoms with Gasteiger partial charge in [-0.05, 0) is 50.7 Å². The van der Waals surface area contributed by atoms with Crippen molar-refractivity contribution in [1.29, 1.82) is 0 Å². The molecule has 210 valence electrons. The Morgan fingerprint density at radius 1 is 0.949 bits per heavy atom. The molecule has 1 N–H and O–H groups in total. The molecule has 2 aromatic heterocycles. The summed E-state index contributed by atoms with van der Waals surface area (Å²) in [5.74, 6) is 1.75. The van der Waals surface area contributed by atoms with E-state index in [9.17, 15) is 8.78 Å². The molecule has 1 atom stereocenters. The molecule has 3 aromatic rings. The molecular weight excluding hydrogens is 504 g/mol. The summed E-state index contributed by atoms with van der Waals surface area (Å²) in [6, 6.07) is 9.72. The second-order valence-electron chi connectivity index (χ2n) is 10.8. The van der Waals surface area contributed by atoms with Crippen molar-refractivity contribution in [2.24, 2.45) is 5.92 Å². The van der Waals surface area contributed by atoms with Gasteiger partial charge in [0, 0.05) is 38.3 Å². The van der Waals surface area contributed by atoms with E-state index >= 15 is 0 Å². The second-order valence-corrected chi connectivity index (χ2v) is 10.8. The summed E-state index contributed by atoms with van der Waals surface area (Å²) in [6.07, 6.45) is 1.91. The van der Waals surface area contributed by atoms with Gasteiger partial charge in [-0.1, -0.05) is 12.1 Å². The van der Waals surface area contributed by atoms with Gasteiger partial charge in [0.15, 0.2) is 5.82 Å². The van der Waals surface area contributed by atoms with Gasteiger partial charge in [0.2, 0.25) is 5.95 Å². The van der Waals surface area contributed by atoms with E-state index in [4.69, 9.17) is 19.4 Å². The van der Waals surface area contributed by atoms with E-state index in [1.807, 2.05) is 6.07 Å². The summed E-state index contributed by atoms with van der Waals surface area (Å²) in [5, 5.41) is 3.47. The third kappa shape index (κ3) is 5.71. The van der Waals surface area contributed by atoms with Crippen molar-refractivity contribution in [3.05, 3.63) is 36.2 Å². The number of hydrogen-bond acceptors (Lipinski definition) is 8. The summed E-state index contributed by atoms with van der Waals surface area (Å²) in [5.41, 5.74) is 1.11. The molecule has 3 fully saturated rings. The maximum absolute atomic E-state index is 14.1. The lowest BCUT2D eigenvalue weighted by molar-refractivity contribution is 0.00539. The molecule has 6 rings (SSSR count). The maximum atomic E-state index is 14.1. The van der Waals surface area contributed by atoms with Gasteiger partial charge in [-0.15, -0.1) is 0 Å². The van der Waals surface area contributed by atoms with Crippen molar-refractivity contribution in [2.75, 3.05) is 62.8 Å². The number of benzene rings is 1. The Labute approximate surface area is 227 Å². The van der Waals surface area contributed by atoms with Crippen LogP contribution in [0.25, 0.3) is 16.9 Å². The van der Waals surface area contributed by atoms with Crippen molar-refractivity contribution < 1.29 is 18.3 Å². The fraction of sp³-hybridized carbons (Fsp3) is 0.607. The number of nitrogens with zero attached hydrogens (tertiary/aromatic N) is 6. The SMILES string of the molecule is C[C@@H]1COCCN1c1cc(-n2c(C(F)F)nc3ccccc32)nc(NC[C@H]2CC[C@H](N3CCOCC3)CC2)n1. The number of para-hydroxylation sites is 2. The average Bonchev–Trinajstić information content (AvgIpc) is 3.37. The van der Waals surface area contributed by atoms with Gasteiger partial charge in [0.1, 0.15) is 11.6 Å². The summed E-state index contributed by atoms with van der Waals surface area (Å²) in [4.78, 5) is 18.6. The smallest absolute Gasteiger partial charge is 0.296 e. The van der Waals surface area contributed by atoms with Crippen molar-refractivity contribution >= 4 is 22.8 Å². The van der Waals surface area contributed by atoms with E-state index in [0.717, 1.165) is 45.7 Å². The normalized spacial score (nSPS) is 24.9. The van der Waals surface area contributed by atoms with Crippen LogP contribution in [0.3, 0.4) is 0 Å². The van der Waals surface area contributed by atoms with Crippen LogP contribution in [0.5, 0.6) is 0 Å². The molecule has 0 unspecified atom stereocenters. The highest BCUT2D eigenvalue weighted by molar-refractivity contribution is 5.78. The number of aromatic nitrogens is 4. The van der Waals surface area contributed by atoms with E-state index in [1.165, 1.54) is 17.4 Å². The molecule has 0 amide bonds. The molecule has 0 spiro atoms. The molecule has 2 saturated heterocycles. The molecule has 0 radical (unpaired) electrons. The fourth-order valence-corrected chi connectivity index (χ4v) is 6.15. The molecule has 39 heavy (non-hydrogen) atoms. The van der Waals surface area contributed by atoms with E-state index in [2.05, 4.69) is 27.0 Å². The molecule has 11 heteroatoms. The van der Waals surface area contributed by atoms with E-state index in [-0.39, 0.29) is 11.9 Å². The molecule has 9 nitrogen and oxygen atoms in total. The van der Waals surface area contributed by atoms with E-state index in [1.54, 1.807) is 24.3 Å². The minimum Gasteiger partial charge on any atom is -0.379 e. The summed E-state index contributed by atoms with van der Waals surface area (Å²) < 4.78 is 40.9. The van der Waals surface area contributed by atoms with Crippen LogP contribution in [0, 0.1) is 5.92 Å². The van der Waals surface area contributed by atoms with Gasteiger partial charge in [-0.3, -0.25) is 9.47 Å². The number of nitrogens with one attached hydrogen (secondary N) is 1. The average molecular weight is 542 g/mol. The quantitative estimate of drug-likeness (QED) is 0.475. The molecular formula is C28H37F2N7O2. The first-order valence-electron chi connectivity index (χ1n) is 14.1. The van der Waals surface area contributed by atoms with Gasteiger partial charge in [0.05, 0.1) is 43.5 Å². The molecule has 3 aliphatic rings. The van der Waals surface area contributed by atoms with Crippen molar-refractivity contribution in [3.8, 4) is 5.82 Å². The molecule has 0 bridgehead atoms. The number of hydrogen-bond donors (Lipinski definition) is 1. The number of halogens is 2. The number of rotatable bonds is 7. The fourth-order valence-electron chi connectivity index (χ4n) is 6.15. The third-order valence-electron chi connectivity index (χ3n) is 8.30. The minimum atomic E-state index is -2.74. The lowest BCUT2D eigenvalue weighted by atomic mass is 9.85. The zero-order valence-corrected chi connectivity index (χ0v) is 22.4. The number of morpholine rings is 2. The van der Waals surface area contributed by atoms with Gasteiger partial charge < -0.3 is 19.7 Å². The molecule has 1 aromatic carbocycles. The number of fused-ring (bicyclic) bond motifs is 1. The summed E-state index contributed by atoms with van der Waals surface area (Å²) >= 11 is 0. The predicted molar refractivity (Wildman–Crippen MR) is 146 cm³/mol. The van der Waals surface area contributed by atoms with Gasteiger partial charge in [-0.25, -0.2) is 13.8 Å². The predicted octanol–water partition coefficient (Wildman–Crippen LogP) is 4.28. The molecule has 1 saturated carbocycles. The Morgan fingerprint density at radius 2 is 1.69 bits per heavy atom. The van der Waals surface area contributed by atoms with Crippen LogP contribution in [0.15, 0.2) is 30.3 Å². The van der Waals surface area contributed by atoms with Crippen LogP contribution in [0.4, 0.5) is 20.5 Å². The van der Waals surface area contributed by atoms with Crippen LogP contribution in [0.1, 0.15) is 44.9 Å². The lowest BCUT2D eigenvalue weighted by Gasteiger charge is -2.38. The van der Waals surface area contributed by atoms with Crippen molar-refractivity contribution in [3.63, 3.8) is 0 Å². The Balaban J connectivity index is 1.26. The first kappa shape index (κ1) is 26.3. The Kier molecular flexibility index (Phi) is 7.90. The van der Waals surface area contributed by atoms with Gasteiger partial charge >= 0.3 is 0 Å². The van der Waals surface area contributed by atoms with E-state index < -0.39 is 6.43 Å². The number of anilines is 2. The monoisotopic (exact) mass is 541 g/mol. The highest BCUT2D eigenvalue weighted by Crippen LogP contribution is 2.31. The van der Waals surface area contributed by atoms with Crippen LogP contribution in [-0.2, 0) is 9.47 Å². The molecule has 4 heterocycles. The van der Waals surface area contributed by atoms with Crippen molar-refractivity contribution in [2.45, 2.75) is 51.1 Å². The second kappa shape index (κ2) is 11.7. The van der Waals surface area contributed by atoms with Crippen LogP contribution in [-0.4, -0.2) is 89.1 Å². The van der Waals surface area contributed by atoms with Gasteiger partial charge in [-0.2, -0.15) is 9.97 Å². The Bertz CT molecular complexity index is 1260. The highest BCUT2D eigenvalue weighted by Gasteiger charge is 2.28. The van der Waals surface area contributed by atoms with Gasteiger partial charge in [0.25, 0.3) is 6.43 Å². The minimum absolute atomic E-state index is 0.110. The van der Waals surface area contributed by atoms with Crippen LogP contribution >= 0.6 is 0 Å². The zero-order valence-electron chi connectivity index (χ0n) is 22.4. The maximum Gasteiger partial charge on any atom is 0.296 e. The van der Waals surface area contributed by atoms with E-state index in [0.29, 0.717) is 60.3 Å². The molecule has 1 aliphatic carbocycles. The Morgan fingerprint density at radius 3 is 2.46 bits per heavy atom. The summed E-state index contributed by atoms with van der Waals surface area (Å²) in [6.45, 7) is 8.41. The largest absolute Gasteiger partial charge is 0.379 e. The number of imidazole rings is 1. The standard InChI is InChI=1S/C28H37F2N7O2/c1-19-18-39-15-12-36(19)24-16-25(37-23-5-3-2-4-22(23)32-27(37)26(29)30)34-28(33-24)31-17-20-6-8-21(9-7-20)35-10-13-38-14-11-35/h2-5,16,19-21,26H,6-15,17-18H2,1H3,(H,31,33,34)/t19-,20-,21-/m1/s1. The first-order chi connectivity index (χ1) is 19.1. The Hall–Kier alpha value is -2.89. The highest BCUT2D eigenvalue weighted by atomic mass is 19.3. The van der Waals surface area contributed by atoms with Crippen LogP contribution < -0.4 is 10.2 Å². The lowest BCUT2D eigenvalue weighted by Crippen LogP contribution is -2.45. The third-order valence-corrected chi connectivity index (χ3v) is 8.30. The van der Waals surface area contributed by atoms with Crippen molar-refractivity contribution in [1.82, 2.24) is 24.4 Å². The topological polar surface area (TPSA) is 80.6 Å². The van der Waals surface area contributed by atoms with Crippen LogP contribution in [0.2, 0.25) is 0 Å². The number of ether oxygens (including phenoxy) is 2. The number of alkyl halides is 2. The summed E-state index contributed by atoms with van der Waals surface area (Å²) in [7, 11) is 0. The first-order valence-corrected chi connectivity index (χ1v) is 14.1.